The molecule has 6 nitrogen and oxygen atoms in total. The van der Waals surface area contributed by atoms with E-state index in [1.54, 1.807) is 4.90 Å². The number of halogens is 2. The second kappa shape index (κ2) is 8.20. The average Bonchev–Trinajstić information content (AvgIpc) is 2.83. The van der Waals surface area contributed by atoms with Crippen molar-refractivity contribution in [3.63, 3.8) is 0 Å². The van der Waals surface area contributed by atoms with E-state index in [1.807, 2.05) is 0 Å². The zero-order valence-corrected chi connectivity index (χ0v) is 15.5. The van der Waals surface area contributed by atoms with Gasteiger partial charge in [0, 0.05) is 47.5 Å². The fourth-order valence-electron chi connectivity index (χ4n) is 3.04. The summed E-state index contributed by atoms with van der Waals surface area (Å²) < 4.78 is 46.0. The minimum Gasteiger partial charge on any atom is -0.442 e. The Balaban J connectivity index is 1.82. The van der Waals surface area contributed by atoms with E-state index >= 15 is 0 Å². The predicted molar refractivity (Wildman–Crippen MR) is 98.6 cm³/mol. The van der Waals surface area contributed by atoms with Crippen molar-refractivity contribution in [1.29, 1.82) is 0 Å². The third-order valence-electron chi connectivity index (χ3n) is 4.25. The Kier molecular flexibility index (Phi) is 5.95. The molecule has 0 aliphatic carbocycles. The largest absolute Gasteiger partial charge is 0.442 e. The normalized spacial score (nSPS) is 23.4. The van der Waals surface area contributed by atoms with Crippen LogP contribution in [0.4, 0.5) is 25.0 Å². The summed E-state index contributed by atoms with van der Waals surface area (Å²) in [6.45, 7) is 1.03. The molecule has 10 heteroatoms. The zero-order chi connectivity index (χ0) is 18.7. The minimum absolute atomic E-state index is 0.0842. The van der Waals surface area contributed by atoms with E-state index in [9.17, 15) is 17.8 Å². The van der Waals surface area contributed by atoms with Crippen molar-refractivity contribution in [1.82, 2.24) is 0 Å². The van der Waals surface area contributed by atoms with E-state index in [-0.39, 0.29) is 24.5 Å². The van der Waals surface area contributed by atoms with E-state index < -0.39 is 34.6 Å². The highest BCUT2D eigenvalue weighted by atomic mass is 32.2. The maximum Gasteiger partial charge on any atom is 0.414 e. The van der Waals surface area contributed by atoms with Gasteiger partial charge in [0.15, 0.2) is 11.6 Å². The molecule has 140 valence electrons. The van der Waals surface area contributed by atoms with Crippen LogP contribution in [0.3, 0.4) is 0 Å². The van der Waals surface area contributed by atoms with Crippen LogP contribution in [0, 0.1) is 11.6 Å². The van der Waals surface area contributed by atoms with Gasteiger partial charge in [-0.15, -0.1) is 0 Å². The van der Waals surface area contributed by atoms with Gasteiger partial charge in [0.05, 0.1) is 23.9 Å². The number of aliphatic imine (C=N–C) groups is 1. The van der Waals surface area contributed by atoms with Gasteiger partial charge in [-0.3, -0.25) is 9.11 Å². The molecule has 1 amide bonds. The maximum atomic E-state index is 14.6. The minimum atomic E-state index is -0.961. The number of amides is 1. The lowest BCUT2D eigenvalue weighted by atomic mass is 10.2. The molecule has 0 spiro atoms. The van der Waals surface area contributed by atoms with Crippen molar-refractivity contribution in [2.45, 2.75) is 12.5 Å². The average molecular weight is 401 g/mol. The molecule has 2 saturated heterocycles. The van der Waals surface area contributed by atoms with Gasteiger partial charge in [-0.1, -0.05) is 0 Å². The molecule has 2 fully saturated rings. The first-order valence-electron chi connectivity index (χ1n) is 8.10. The molecular formula is C16H17F2N3O3S2. The molecule has 0 saturated carbocycles. The van der Waals surface area contributed by atoms with Crippen LogP contribution in [0.5, 0.6) is 0 Å². The van der Waals surface area contributed by atoms with Gasteiger partial charge in [-0.25, -0.2) is 18.6 Å². The summed E-state index contributed by atoms with van der Waals surface area (Å²) in [5.74, 6) is -0.619. The molecular weight excluding hydrogens is 384 g/mol. The Morgan fingerprint density at radius 1 is 1.31 bits per heavy atom. The Morgan fingerprint density at radius 2 is 2.04 bits per heavy atom. The van der Waals surface area contributed by atoms with E-state index in [0.717, 1.165) is 17.0 Å². The Morgan fingerprint density at radius 3 is 2.73 bits per heavy atom. The molecule has 0 radical (unpaired) electrons. The number of hydrogen-bond acceptors (Lipinski definition) is 6. The third kappa shape index (κ3) is 4.08. The van der Waals surface area contributed by atoms with E-state index in [0.29, 0.717) is 31.0 Å². The molecule has 2 unspecified atom stereocenters. The number of benzene rings is 1. The van der Waals surface area contributed by atoms with Crippen molar-refractivity contribution < 1.29 is 22.5 Å². The number of anilines is 2. The number of nitrogens with zero attached hydrogens (tertiary/aromatic N) is 3. The van der Waals surface area contributed by atoms with Crippen LogP contribution < -0.4 is 9.80 Å². The van der Waals surface area contributed by atoms with Crippen LogP contribution in [0.2, 0.25) is 0 Å². The quantitative estimate of drug-likeness (QED) is 0.573. The van der Waals surface area contributed by atoms with Crippen molar-refractivity contribution in [3.8, 4) is 0 Å². The van der Waals surface area contributed by atoms with Crippen LogP contribution in [0.1, 0.15) is 6.42 Å². The first-order valence-corrected chi connectivity index (χ1v) is 10.00. The lowest BCUT2D eigenvalue weighted by Gasteiger charge is -2.24. The highest BCUT2D eigenvalue weighted by molar-refractivity contribution is 7.85. The Bertz CT molecular complexity index is 763. The summed E-state index contributed by atoms with van der Waals surface area (Å²) in [4.78, 5) is 18.4. The van der Waals surface area contributed by atoms with Crippen molar-refractivity contribution in [2.24, 2.45) is 4.99 Å². The number of carbonyl (C=O) groups excluding carboxylic acids is 1. The summed E-state index contributed by atoms with van der Waals surface area (Å²) in [7, 11) is -0.961. The SMILES string of the molecule is O=C1OC(CN=C=S)CN1c1cc(F)c(N2CCCS(=O)CC2)c(F)c1. The summed E-state index contributed by atoms with van der Waals surface area (Å²) in [5.41, 5.74) is -0.0666. The number of isothiocyanates is 1. The molecule has 2 aliphatic heterocycles. The van der Waals surface area contributed by atoms with Gasteiger partial charge >= 0.3 is 6.09 Å². The number of ether oxygens (including phenoxy) is 1. The van der Waals surface area contributed by atoms with Gasteiger partial charge in [0.2, 0.25) is 0 Å². The van der Waals surface area contributed by atoms with Crippen LogP contribution in [0.25, 0.3) is 0 Å². The topological polar surface area (TPSA) is 62.2 Å². The van der Waals surface area contributed by atoms with E-state index in [2.05, 4.69) is 22.4 Å². The van der Waals surface area contributed by atoms with Crippen LogP contribution in [-0.4, -0.2) is 59.3 Å². The summed E-state index contributed by atoms with van der Waals surface area (Å²) in [5, 5.41) is 2.19. The van der Waals surface area contributed by atoms with Gasteiger partial charge in [-0.05, 0) is 18.6 Å². The summed E-state index contributed by atoms with van der Waals surface area (Å²) in [6.07, 6.45) is -0.621. The van der Waals surface area contributed by atoms with Gasteiger partial charge in [0.1, 0.15) is 11.8 Å². The second-order valence-electron chi connectivity index (χ2n) is 6.00. The van der Waals surface area contributed by atoms with E-state index in [1.165, 1.54) is 0 Å². The maximum absolute atomic E-state index is 14.6. The first-order chi connectivity index (χ1) is 12.5. The number of thiocarbonyl (C=S) groups is 1. The highest BCUT2D eigenvalue weighted by Crippen LogP contribution is 2.31. The predicted octanol–water partition coefficient (Wildman–Crippen LogP) is 2.35. The lowest BCUT2D eigenvalue weighted by Crippen LogP contribution is -2.29. The Hall–Kier alpha value is -1.90. The van der Waals surface area contributed by atoms with Crippen LogP contribution in [-0.2, 0) is 15.5 Å². The van der Waals surface area contributed by atoms with Crippen molar-refractivity contribution in [2.75, 3.05) is 47.5 Å². The third-order valence-corrected chi connectivity index (χ3v) is 5.76. The molecule has 3 rings (SSSR count). The monoisotopic (exact) mass is 401 g/mol. The van der Waals surface area contributed by atoms with Gasteiger partial charge < -0.3 is 9.64 Å². The molecule has 0 bridgehead atoms. The van der Waals surface area contributed by atoms with Gasteiger partial charge in [-0.2, -0.15) is 0 Å². The number of hydrogen-bond donors (Lipinski definition) is 0. The molecule has 2 aliphatic rings. The van der Waals surface area contributed by atoms with E-state index in [4.69, 9.17) is 4.74 Å². The molecule has 0 N–H and O–H groups in total. The molecule has 1 aromatic rings. The molecule has 0 aromatic heterocycles. The second-order valence-corrected chi connectivity index (χ2v) is 7.87. The van der Waals surface area contributed by atoms with Gasteiger partial charge in [0.25, 0.3) is 0 Å². The Labute approximate surface area is 157 Å². The molecule has 2 atom stereocenters. The van der Waals surface area contributed by atoms with Crippen LogP contribution in [0.15, 0.2) is 17.1 Å². The zero-order valence-electron chi connectivity index (χ0n) is 13.8. The smallest absolute Gasteiger partial charge is 0.414 e. The number of rotatable bonds is 4. The standard InChI is InChI=1S/C16H17F2N3O3S2/c17-13-6-11(21-9-12(8-19-10-25)24-16(21)22)7-14(18)15(13)20-2-1-4-26(23)5-3-20/h6-7,12H,1-5,8-9H2. The van der Waals surface area contributed by atoms with Crippen molar-refractivity contribution in [3.05, 3.63) is 23.8 Å². The first kappa shape index (κ1) is 18.9. The van der Waals surface area contributed by atoms with Crippen molar-refractivity contribution >= 4 is 45.6 Å². The number of carbonyl (C=O) groups is 1. The lowest BCUT2D eigenvalue weighted by molar-refractivity contribution is 0.145. The fourth-order valence-corrected chi connectivity index (χ4v) is 4.20. The highest BCUT2D eigenvalue weighted by Gasteiger charge is 2.33. The summed E-state index contributed by atoms with van der Waals surface area (Å²) in [6, 6.07) is 2.23. The summed E-state index contributed by atoms with van der Waals surface area (Å²) >= 11 is 4.47. The molecule has 2 heterocycles. The fraction of sp³-hybridized carbons (Fsp3) is 0.500. The number of cyclic esters (lactones) is 1. The van der Waals surface area contributed by atoms with Crippen LogP contribution >= 0.6 is 12.2 Å². The molecule has 26 heavy (non-hydrogen) atoms. The molecule has 1 aromatic carbocycles.